The molecule has 4 rings (SSSR count). The minimum atomic E-state index is -0.790. The molecule has 7 nitrogen and oxygen atoms in total. The van der Waals surface area contributed by atoms with Gasteiger partial charge in [-0.05, 0) is 24.3 Å². The molecule has 0 aliphatic carbocycles. The number of benzene rings is 1. The minimum Gasteiger partial charge on any atom is -0.394 e. The zero-order valence-corrected chi connectivity index (χ0v) is 26.9. The summed E-state index contributed by atoms with van der Waals surface area (Å²) < 4.78 is -0.767. The predicted octanol–water partition coefficient (Wildman–Crippen LogP) is 4.50. The minimum absolute atomic E-state index is 0.00823. The molecule has 1 aromatic rings. The van der Waals surface area contributed by atoms with Crippen LogP contribution < -0.4 is 0 Å². The van der Waals surface area contributed by atoms with E-state index < -0.39 is 28.7 Å². The van der Waals surface area contributed by atoms with Crippen LogP contribution in [0, 0.1) is 17.8 Å². The van der Waals surface area contributed by atoms with Crippen molar-refractivity contribution >= 4 is 45.4 Å². The molecule has 3 heterocycles. The Bertz CT molecular complexity index is 1140. The number of rotatable bonds is 14. The first kappa shape index (κ1) is 31.8. The van der Waals surface area contributed by atoms with Gasteiger partial charge in [0.05, 0.1) is 29.2 Å². The van der Waals surface area contributed by atoms with Crippen molar-refractivity contribution in [2.45, 2.75) is 73.5 Å². The molecular weight excluding hydrogens is 602 g/mol. The lowest BCUT2D eigenvalue weighted by atomic mass is 9.70. The van der Waals surface area contributed by atoms with Gasteiger partial charge in [0, 0.05) is 36.3 Å². The summed E-state index contributed by atoms with van der Waals surface area (Å²) in [4.78, 5) is 48.8. The summed E-state index contributed by atoms with van der Waals surface area (Å²) in [6.07, 6.45) is 5.60. The van der Waals surface area contributed by atoms with E-state index in [0.29, 0.717) is 32.6 Å². The molecule has 1 aromatic carbocycles. The van der Waals surface area contributed by atoms with E-state index in [2.05, 4.69) is 29.1 Å². The first-order chi connectivity index (χ1) is 19.7. The third-order valence-electron chi connectivity index (χ3n) is 9.12. The smallest absolute Gasteiger partial charge is 0.247 e. The van der Waals surface area contributed by atoms with Crippen LogP contribution in [0.5, 0.6) is 0 Å². The van der Waals surface area contributed by atoms with E-state index in [1.54, 1.807) is 38.6 Å². The molecule has 3 saturated heterocycles. The Kier molecular flexibility index (Phi) is 10.5. The van der Waals surface area contributed by atoms with Crippen molar-refractivity contribution in [3.05, 3.63) is 61.2 Å². The normalized spacial score (nSPS) is 29.6. The van der Waals surface area contributed by atoms with Crippen LogP contribution in [0.2, 0.25) is 0 Å². The third-order valence-corrected chi connectivity index (χ3v) is 12.3. The van der Waals surface area contributed by atoms with Crippen molar-refractivity contribution in [2.24, 2.45) is 17.8 Å². The zero-order valence-electron chi connectivity index (χ0n) is 24.5. The summed E-state index contributed by atoms with van der Waals surface area (Å²) in [6.45, 7) is 15.3. The van der Waals surface area contributed by atoms with Crippen molar-refractivity contribution in [1.29, 1.82) is 0 Å². The highest BCUT2D eigenvalue weighted by molar-refractivity contribution is 9.09. The predicted molar refractivity (Wildman–Crippen MR) is 169 cm³/mol. The van der Waals surface area contributed by atoms with Gasteiger partial charge in [-0.15, -0.1) is 24.9 Å². The monoisotopic (exact) mass is 645 g/mol. The molecule has 8 atom stereocenters. The molecule has 1 N–H and O–H groups in total. The van der Waals surface area contributed by atoms with Crippen molar-refractivity contribution in [2.75, 3.05) is 26.2 Å². The van der Waals surface area contributed by atoms with Crippen LogP contribution in [0.4, 0.5) is 0 Å². The fraction of sp³-hybridized carbons (Fsp3) is 0.594. The molecule has 0 aromatic heterocycles. The second kappa shape index (κ2) is 13.5. The first-order valence-corrected chi connectivity index (χ1v) is 16.6. The average Bonchev–Trinajstić information content (AvgIpc) is 3.56. The number of aliphatic hydroxyl groups is 1. The summed E-state index contributed by atoms with van der Waals surface area (Å²) in [7, 11) is 0. The van der Waals surface area contributed by atoms with Crippen LogP contribution in [0.3, 0.4) is 0 Å². The van der Waals surface area contributed by atoms with Gasteiger partial charge in [-0.2, -0.15) is 0 Å². The Labute approximate surface area is 257 Å². The Morgan fingerprint density at radius 1 is 1.17 bits per heavy atom. The number of amides is 3. The number of alkyl halides is 1. The molecule has 3 aliphatic rings. The highest BCUT2D eigenvalue weighted by atomic mass is 79.9. The van der Waals surface area contributed by atoms with E-state index >= 15 is 0 Å². The Morgan fingerprint density at radius 3 is 2.41 bits per heavy atom. The fourth-order valence-corrected chi connectivity index (χ4v) is 10.7. The quantitative estimate of drug-likeness (QED) is 0.238. The fourth-order valence-electron chi connectivity index (χ4n) is 7.09. The number of aliphatic hydroxyl groups excluding tert-OH is 1. The maximum atomic E-state index is 14.7. The van der Waals surface area contributed by atoms with Gasteiger partial charge in [-0.1, -0.05) is 85.6 Å². The maximum absolute atomic E-state index is 14.7. The second-order valence-corrected chi connectivity index (χ2v) is 14.3. The van der Waals surface area contributed by atoms with E-state index in [1.165, 1.54) is 0 Å². The van der Waals surface area contributed by atoms with Gasteiger partial charge in [0.25, 0.3) is 0 Å². The molecular formula is C32H44BrN3O4S. The first-order valence-electron chi connectivity index (χ1n) is 14.8. The Morgan fingerprint density at radius 2 is 1.83 bits per heavy atom. The van der Waals surface area contributed by atoms with Gasteiger partial charge in [-0.3, -0.25) is 14.4 Å². The highest BCUT2D eigenvalue weighted by Crippen LogP contribution is 2.68. The second-order valence-electron chi connectivity index (χ2n) is 11.6. The van der Waals surface area contributed by atoms with Crippen molar-refractivity contribution < 1.29 is 19.5 Å². The lowest BCUT2D eigenvalue weighted by Gasteiger charge is -2.41. The number of likely N-dealkylation sites (tertiary alicyclic amines) is 1. The molecule has 3 fully saturated rings. The van der Waals surface area contributed by atoms with Crippen LogP contribution in [0.15, 0.2) is 55.6 Å². The van der Waals surface area contributed by atoms with Gasteiger partial charge in [0.1, 0.15) is 6.04 Å². The summed E-state index contributed by atoms with van der Waals surface area (Å²) >= 11 is 5.51. The molecule has 41 heavy (non-hydrogen) atoms. The van der Waals surface area contributed by atoms with Gasteiger partial charge in [-0.25, -0.2) is 0 Å². The number of carbonyl (C=O) groups is 3. The van der Waals surface area contributed by atoms with E-state index in [9.17, 15) is 19.5 Å². The topological polar surface area (TPSA) is 81.2 Å². The standard InChI is InChI=1S/C32H44BrN3O4S/c1-6-15-34(16-7-2)29(38)25-26-30(39)36(24(20-37)21(5)9-4)28(32(26)18-23(33)27(25)41-32)31(40)35(17-8-3)19-22-13-11-10-12-14-22/h6,8,10-14,21,23-28,37H,1,3,7,9,15-20H2,2,4-5H3/t21-,23?,24-,25+,26-,27+,28?,32?/m0/s1. The molecule has 224 valence electrons. The lowest BCUT2D eigenvalue weighted by molar-refractivity contribution is -0.148. The summed E-state index contributed by atoms with van der Waals surface area (Å²) in [6, 6.07) is 8.49. The molecule has 9 heteroatoms. The maximum Gasteiger partial charge on any atom is 0.247 e. The Hall–Kier alpha value is -2.10. The number of fused-ring (bicyclic) bond motifs is 1. The van der Waals surface area contributed by atoms with Crippen LogP contribution >= 0.6 is 27.7 Å². The van der Waals surface area contributed by atoms with E-state index in [-0.39, 0.29) is 40.3 Å². The summed E-state index contributed by atoms with van der Waals surface area (Å²) in [5.74, 6) is -1.57. The molecule has 0 radical (unpaired) electrons. The molecule has 3 aliphatic heterocycles. The Balaban J connectivity index is 1.82. The summed E-state index contributed by atoms with van der Waals surface area (Å²) in [5, 5.41) is 10.5. The SMILES string of the molecule is C=CCN(Cc1ccccc1)C(=O)C1N([C@@H](CO)[C@@H](C)CC)C(=O)[C@@H]2[C@@H](C(=O)N(CC=C)CCC)[C@@H]3SC12CC3Br. The van der Waals surface area contributed by atoms with E-state index in [0.717, 1.165) is 18.4 Å². The van der Waals surface area contributed by atoms with Crippen molar-refractivity contribution in [1.82, 2.24) is 14.7 Å². The lowest BCUT2D eigenvalue weighted by Crippen LogP contribution is -2.58. The van der Waals surface area contributed by atoms with Crippen LogP contribution in [0.1, 0.15) is 45.6 Å². The number of nitrogens with zero attached hydrogens (tertiary/aromatic N) is 3. The molecule has 3 unspecified atom stereocenters. The van der Waals surface area contributed by atoms with Crippen molar-refractivity contribution in [3.63, 3.8) is 0 Å². The average molecular weight is 647 g/mol. The van der Waals surface area contributed by atoms with E-state index in [1.807, 2.05) is 51.1 Å². The van der Waals surface area contributed by atoms with Gasteiger partial charge in [0.15, 0.2) is 0 Å². The van der Waals surface area contributed by atoms with Crippen molar-refractivity contribution in [3.8, 4) is 0 Å². The molecule has 1 spiro atoms. The van der Waals surface area contributed by atoms with Gasteiger partial charge >= 0.3 is 0 Å². The largest absolute Gasteiger partial charge is 0.394 e. The zero-order chi connectivity index (χ0) is 29.9. The van der Waals surface area contributed by atoms with Gasteiger partial charge < -0.3 is 19.8 Å². The van der Waals surface area contributed by atoms with Crippen LogP contribution in [-0.4, -0.2) is 90.7 Å². The number of hydrogen-bond donors (Lipinski definition) is 1. The molecule has 0 saturated carbocycles. The van der Waals surface area contributed by atoms with E-state index in [4.69, 9.17) is 0 Å². The number of hydrogen-bond acceptors (Lipinski definition) is 5. The van der Waals surface area contributed by atoms with Crippen LogP contribution in [-0.2, 0) is 20.9 Å². The number of thioether (sulfide) groups is 1. The third kappa shape index (κ3) is 5.66. The van der Waals surface area contributed by atoms with Crippen LogP contribution in [0.25, 0.3) is 0 Å². The molecule has 3 amide bonds. The van der Waals surface area contributed by atoms with Gasteiger partial charge in [0.2, 0.25) is 17.7 Å². The molecule has 2 bridgehead atoms. The summed E-state index contributed by atoms with van der Waals surface area (Å²) in [5.41, 5.74) is 0.989. The number of carbonyl (C=O) groups excluding carboxylic acids is 3. The highest BCUT2D eigenvalue weighted by Gasteiger charge is 2.76. The number of halogens is 1.